The number of hydrogen-bond donors (Lipinski definition) is 1. The molecule has 1 atom stereocenters. The Kier molecular flexibility index (Phi) is 8.77. The fourth-order valence-corrected chi connectivity index (χ4v) is 7.07. The van der Waals surface area contributed by atoms with Crippen molar-refractivity contribution in [2.45, 2.75) is 33.1 Å². The van der Waals surface area contributed by atoms with Crippen molar-refractivity contribution >= 4 is 42.9 Å². The molecule has 4 aromatic rings. The highest BCUT2D eigenvalue weighted by Crippen LogP contribution is 2.34. The molecule has 6 rings (SSSR count). The number of morpholine rings is 1. The maximum atomic E-state index is 13.9. The van der Waals surface area contributed by atoms with E-state index in [1.54, 1.807) is 30.1 Å². The summed E-state index contributed by atoms with van der Waals surface area (Å²) < 4.78 is 6.63. The molecule has 4 heterocycles. The molecule has 1 N–H and O–H groups in total. The van der Waals surface area contributed by atoms with E-state index in [-0.39, 0.29) is 22.8 Å². The first-order valence-electron chi connectivity index (χ1n) is 15.5. The van der Waals surface area contributed by atoms with Crippen molar-refractivity contribution in [2.24, 2.45) is 7.05 Å². The first kappa shape index (κ1) is 31.6. The van der Waals surface area contributed by atoms with E-state index < -0.39 is 0 Å². The van der Waals surface area contributed by atoms with Crippen LogP contribution in [0.3, 0.4) is 0 Å². The van der Waals surface area contributed by atoms with E-state index in [1.165, 1.54) is 16.4 Å². The van der Waals surface area contributed by atoms with Crippen LogP contribution in [0.2, 0.25) is 0 Å². The summed E-state index contributed by atoms with van der Waals surface area (Å²) in [6.07, 6.45) is 2.40. The van der Waals surface area contributed by atoms with Crippen LogP contribution < -0.4 is 21.1 Å². The van der Waals surface area contributed by atoms with Gasteiger partial charge in [-0.2, -0.15) is 5.10 Å². The average Bonchev–Trinajstić information content (AvgIpc) is 3.21. The third-order valence-corrected chi connectivity index (χ3v) is 9.79. The second kappa shape index (κ2) is 12.8. The Bertz CT molecular complexity index is 1860. The number of rotatable bonds is 5. The smallest absolute Gasteiger partial charge is 0.290 e. The van der Waals surface area contributed by atoms with E-state index in [4.69, 9.17) is 4.74 Å². The van der Waals surface area contributed by atoms with Gasteiger partial charge in [-0.3, -0.25) is 14.4 Å². The lowest BCUT2D eigenvalue weighted by atomic mass is 9.86. The van der Waals surface area contributed by atoms with Crippen LogP contribution in [-0.4, -0.2) is 70.5 Å². The van der Waals surface area contributed by atoms with E-state index in [0.717, 1.165) is 33.8 Å². The molecule has 238 valence electrons. The molecule has 0 radical (unpaired) electrons. The number of carbonyl (C=O) groups excluding carboxylic acids is 2. The van der Waals surface area contributed by atoms with Gasteiger partial charge in [0, 0.05) is 49.7 Å². The van der Waals surface area contributed by atoms with Crippen molar-refractivity contribution in [3.8, 4) is 11.3 Å². The van der Waals surface area contributed by atoms with Crippen molar-refractivity contribution in [3.63, 3.8) is 0 Å². The molecule has 2 aromatic heterocycles. The molecular weight excluding hydrogens is 599 g/mol. The second-order valence-electron chi connectivity index (χ2n) is 12.7. The van der Waals surface area contributed by atoms with Crippen LogP contribution in [0.4, 0.5) is 17.2 Å². The van der Waals surface area contributed by atoms with Gasteiger partial charge in [0.25, 0.3) is 17.4 Å². The molecule has 0 aliphatic carbocycles. The van der Waals surface area contributed by atoms with Crippen molar-refractivity contribution in [1.29, 1.82) is 0 Å². The van der Waals surface area contributed by atoms with Crippen LogP contribution in [0.15, 0.2) is 65.6 Å². The van der Waals surface area contributed by atoms with Crippen LogP contribution in [0, 0.1) is 6.92 Å². The Balaban J connectivity index is 1.27. The van der Waals surface area contributed by atoms with Crippen LogP contribution in [0.1, 0.15) is 52.6 Å². The van der Waals surface area contributed by atoms with Gasteiger partial charge in [-0.05, 0) is 65.3 Å². The molecular formula is C35H39N6O4P. The van der Waals surface area contributed by atoms with Gasteiger partial charge in [-0.15, -0.1) is 0 Å². The third kappa shape index (κ3) is 6.32. The van der Waals surface area contributed by atoms with Crippen molar-refractivity contribution in [1.82, 2.24) is 19.7 Å². The van der Waals surface area contributed by atoms with Crippen molar-refractivity contribution in [3.05, 3.63) is 93.4 Å². The Morgan fingerprint density at radius 2 is 1.76 bits per heavy atom. The van der Waals surface area contributed by atoms with Gasteiger partial charge < -0.3 is 19.9 Å². The third-order valence-electron chi connectivity index (χ3n) is 8.52. The van der Waals surface area contributed by atoms with Crippen molar-refractivity contribution in [2.75, 3.05) is 49.2 Å². The summed E-state index contributed by atoms with van der Waals surface area (Å²) in [4.78, 5) is 47.9. The van der Waals surface area contributed by atoms with Crippen LogP contribution in [0.25, 0.3) is 11.3 Å². The monoisotopic (exact) mass is 638 g/mol. The number of nitrogens with zero attached hydrogens (tertiary/aromatic N) is 5. The summed E-state index contributed by atoms with van der Waals surface area (Å²) in [6.45, 7) is 11.3. The number of amides is 2. The number of nitrogens with one attached hydrogen (secondary N) is 1. The standard InChI is InChI=1S/C35H39N6O4P/c1-22-25(7-6-8-29(22)41-15-18-46-30-19-24(35(2,3)4)10-11-26(30)33(41)43)27-20-28(34(44)39(5)38-27)37-31-12-9-23(21-36-31)32(42)40-13-16-45-17-14-40/h6-12,19-21,46H,13-18H2,1-5H3,(H,36,37). The molecule has 1 fully saturated rings. The minimum atomic E-state index is -0.317. The van der Waals surface area contributed by atoms with Crippen LogP contribution in [0.5, 0.6) is 0 Å². The number of ether oxygens (including phenoxy) is 1. The first-order valence-corrected chi connectivity index (χ1v) is 16.7. The maximum Gasteiger partial charge on any atom is 0.290 e. The summed E-state index contributed by atoms with van der Waals surface area (Å²) in [6, 6.07) is 17.2. The summed E-state index contributed by atoms with van der Waals surface area (Å²) in [5.74, 6) is 0.335. The quantitative estimate of drug-likeness (QED) is 0.318. The van der Waals surface area contributed by atoms with E-state index in [2.05, 4.69) is 48.3 Å². The van der Waals surface area contributed by atoms with Gasteiger partial charge in [-0.25, -0.2) is 9.67 Å². The number of carbonyl (C=O) groups is 2. The Hall–Kier alpha value is -4.40. The maximum absolute atomic E-state index is 13.9. The number of fused-ring (bicyclic) bond motifs is 1. The average molecular weight is 639 g/mol. The summed E-state index contributed by atoms with van der Waals surface area (Å²) in [5.41, 5.74) is 5.58. The van der Waals surface area contributed by atoms with E-state index in [9.17, 15) is 14.4 Å². The van der Waals surface area contributed by atoms with E-state index in [0.29, 0.717) is 64.2 Å². The molecule has 10 nitrogen and oxygen atoms in total. The van der Waals surface area contributed by atoms with Gasteiger partial charge in [-0.1, -0.05) is 53.6 Å². The Labute approximate surface area is 270 Å². The summed E-state index contributed by atoms with van der Waals surface area (Å²) in [7, 11) is 2.16. The van der Waals surface area contributed by atoms with Gasteiger partial charge in [0.05, 0.1) is 24.5 Å². The predicted octanol–water partition coefficient (Wildman–Crippen LogP) is 4.63. The molecule has 0 spiro atoms. The molecule has 46 heavy (non-hydrogen) atoms. The number of aryl methyl sites for hydroxylation is 1. The van der Waals surface area contributed by atoms with Crippen LogP contribution in [-0.2, 0) is 17.2 Å². The Morgan fingerprint density at radius 1 is 0.978 bits per heavy atom. The molecule has 1 unspecified atom stereocenters. The van der Waals surface area contributed by atoms with E-state index >= 15 is 0 Å². The number of benzene rings is 2. The summed E-state index contributed by atoms with van der Waals surface area (Å²) in [5, 5.41) is 8.81. The van der Waals surface area contributed by atoms with Gasteiger partial charge >= 0.3 is 0 Å². The highest BCUT2D eigenvalue weighted by molar-refractivity contribution is 7.47. The largest absolute Gasteiger partial charge is 0.378 e. The number of hydrogen-bond acceptors (Lipinski definition) is 7. The molecule has 11 heteroatoms. The first-order chi connectivity index (χ1) is 22.0. The van der Waals surface area contributed by atoms with E-state index in [1.807, 2.05) is 36.1 Å². The molecule has 2 amide bonds. The molecule has 2 aliphatic rings. The van der Waals surface area contributed by atoms with Gasteiger partial charge in [0.15, 0.2) is 0 Å². The normalized spacial score (nSPS) is 15.9. The molecule has 1 saturated heterocycles. The zero-order valence-electron chi connectivity index (χ0n) is 26.9. The van der Waals surface area contributed by atoms with Gasteiger partial charge in [0.1, 0.15) is 11.5 Å². The van der Waals surface area contributed by atoms with Crippen molar-refractivity contribution < 1.29 is 14.3 Å². The highest BCUT2D eigenvalue weighted by Gasteiger charge is 2.27. The highest BCUT2D eigenvalue weighted by atomic mass is 31.1. The minimum Gasteiger partial charge on any atom is -0.378 e. The fourth-order valence-electron chi connectivity index (χ4n) is 5.83. The zero-order chi connectivity index (χ0) is 32.6. The number of pyridine rings is 1. The molecule has 2 aliphatic heterocycles. The molecule has 2 aromatic carbocycles. The molecule has 0 saturated carbocycles. The zero-order valence-corrected chi connectivity index (χ0v) is 27.9. The summed E-state index contributed by atoms with van der Waals surface area (Å²) >= 11 is 0. The lowest BCUT2D eigenvalue weighted by Crippen LogP contribution is -2.40. The minimum absolute atomic E-state index is 0.00175. The number of anilines is 3. The topological polar surface area (TPSA) is 110 Å². The van der Waals surface area contributed by atoms with Crippen LogP contribution >= 0.6 is 8.58 Å². The second-order valence-corrected chi connectivity index (χ2v) is 14.1. The SMILES string of the molecule is Cc1c(-c2cc(Nc3ccc(C(=O)N4CCOCC4)cn3)c(=O)n(C)n2)cccc1N1CCPc2cc(C(C)(C)C)ccc2C1=O. The van der Waals surface area contributed by atoms with Gasteiger partial charge in [0.2, 0.25) is 0 Å². The Morgan fingerprint density at radius 3 is 2.48 bits per heavy atom. The predicted molar refractivity (Wildman–Crippen MR) is 184 cm³/mol. The number of aromatic nitrogens is 3. The molecule has 0 bridgehead atoms. The fraction of sp³-hybridized carbons (Fsp3) is 0.343. The lowest BCUT2D eigenvalue weighted by Gasteiger charge is -2.26. The lowest BCUT2D eigenvalue weighted by molar-refractivity contribution is 0.0302.